The Bertz CT molecular complexity index is 1990. The Labute approximate surface area is 238 Å². The molecule has 40 heavy (non-hydrogen) atoms. The molecule has 6 aromatic carbocycles. The topological polar surface area (TPSA) is 15.3 Å². The van der Waals surface area contributed by atoms with E-state index < -0.39 is 0 Å². The fraction of sp³-hybridized carbons (Fsp3) is 0.0270. The summed E-state index contributed by atoms with van der Waals surface area (Å²) in [5, 5.41) is 11.2. The van der Waals surface area contributed by atoms with Gasteiger partial charge >= 0.3 is 0 Å². The van der Waals surface area contributed by atoms with Crippen LogP contribution in [0.3, 0.4) is 0 Å². The lowest BCUT2D eigenvalue weighted by Gasteiger charge is -2.30. The number of hydrogen-bond acceptors (Lipinski definition) is 3. The molecule has 1 atom stereocenters. The van der Waals surface area contributed by atoms with Gasteiger partial charge in [0.05, 0.1) is 0 Å². The van der Waals surface area contributed by atoms with Crippen LogP contribution < -0.4 is 5.32 Å². The van der Waals surface area contributed by atoms with E-state index in [-0.39, 0.29) is 6.17 Å². The molecule has 0 spiro atoms. The third-order valence-electron chi connectivity index (χ3n) is 7.99. The van der Waals surface area contributed by atoms with Gasteiger partial charge in [0.25, 0.3) is 0 Å². The highest BCUT2D eigenvalue weighted by atomic mass is 32.2. The maximum atomic E-state index is 4.32. The average molecular weight is 531 g/mol. The first-order valence-corrected chi connectivity index (χ1v) is 14.4. The van der Waals surface area contributed by atoms with Gasteiger partial charge in [-0.1, -0.05) is 116 Å². The van der Waals surface area contributed by atoms with Gasteiger partial charge in [-0.25, -0.2) is 0 Å². The molecule has 8 rings (SSSR count). The van der Waals surface area contributed by atoms with E-state index in [4.69, 9.17) is 0 Å². The molecule has 0 bridgehead atoms. The number of nitrogens with one attached hydrogen (secondary N) is 1. The molecule has 2 heterocycles. The van der Waals surface area contributed by atoms with E-state index >= 15 is 0 Å². The molecule has 3 heteroatoms. The number of nitrogens with zero attached hydrogens (tertiary/aromatic N) is 1. The molecule has 0 aliphatic carbocycles. The van der Waals surface area contributed by atoms with Gasteiger partial charge in [0.15, 0.2) is 0 Å². The molecule has 2 nitrogen and oxygen atoms in total. The normalized spacial score (nSPS) is 16.4. The molecular weight excluding hydrogens is 504 g/mol. The summed E-state index contributed by atoms with van der Waals surface area (Å²) in [6.07, 6.45) is 6.84. The van der Waals surface area contributed by atoms with Crippen LogP contribution in [-0.2, 0) is 0 Å². The summed E-state index contributed by atoms with van der Waals surface area (Å²) >= 11 is 1.76. The Morgan fingerprint density at radius 1 is 0.650 bits per heavy atom. The molecule has 0 amide bonds. The zero-order valence-corrected chi connectivity index (χ0v) is 22.7. The number of hydrogen-bond donors (Lipinski definition) is 1. The molecule has 190 valence electrons. The van der Waals surface area contributed by atoms with E-state index in [1.165, 1.54) is 59.5 Å². The van der Waals surface area contributed by atoms with Crippen LogP contribution in [0.25, 0.3) is 54.7 Å². The van der Waals surface area contributed by atoms with E-state index in [2.05, 4.69) is 150 Å². The predicted molar refractivity (Wildman–Crippen MR) is 172 cm³/mol. The first kappa shape index (κ1) is 23.2. The molecule has 0 aromatic heterocycles. The fourth-order valence-electron chi connectivity index (χ4n) is 6.14. The van der Waals surface area contributed by atoms with E-state index in [1.54, 1.807) is 11.9 Å². The summed E-state index contributed by atoms with van der Waals surface area (Å²) in [6, 6.07) is 41.6. The molecule has 0 fully saturated rings. The summed E-state index contributed by atoms with van der Waals surface area (Å²) in [6.45, 7) is 4.32. The molecular formula is C37H26N2S. The van der Waals surface area contributed by atoms with Crippen LogP contribution in [-0.4, -0.2) is 10.5 Å². The smallest absolute Gasteiger partial charge is 0.129 e. The summed E-state index contributed by atoms with van der Waals surface area (Å²) in [5.41, 5.74) is 7.10. The summed E-state index contributed by atoms with van der Waals surface area (Å²) in [7, 11) is 0. The van der Waals surface area contributed by atoms with Gasteiger partial charge in [-0.15, -0.1) is 0 Å². The van der Waals surface area contributed by atoms with Crippen LogP contribution in [0.4, 0.5) is 0 Å². The standard InChI is InChI=1S/C37H26N2S/c1-24-29-12-8-9-17-34(29)40-39-23-28(20-21-35(39)38-24)37-32-15-6-4-13-30(32)36(31-14-5-7-16-33(31)37)27-19-18-25-10-2-3-11-26(25)22-27/h2-23,35,38H,1H2. The third kappa shape index (κ3) is 3.66. The van der Waals surface area contributed by atoms with Crippen molar-refractivity contribution < 1.29 is 0 Å². The van der Waals surface area contributed by atoms with Crippen LogP contribution in [0.15, 0.2) is 145 Å². The minimum Gasteiger partial charge on any atom is -0.361 e. The monoisotopic (exact) mass is 530 g/mol. The lowest BCUT2D eigenvalue weighted by molar-refractivity contribution is 0.484. The van der Waals surface area contributed by atoms with Crippen molar-refractivity contribution in [2.24, 2.45) is 0 Å². The highest BCUT2D eigenvalue weighted by Gasteiger charge is 2.26. The summed E-state index contributed by atoms with van der Waals surface area (Å²) in [4.78, 5) is 1.20. The molecule has 1 N–H and O–H groups in total. The molecule has 0 saturated carbocycles. The Morgan fingerprint density at radius 3 is 2.02 bits per heavy atom. The van der Waals surface area contributed by atoms with Crippen LogP contribution in [0.5, 0.6) is 0 Å². The Hall–Kier alpha value is -4.73. The van der Waals surface area contributed by atoms with Crippen molar-refractivity contribution in [2.45, 2.75) is 11.1 Å². The van der Waals surface area contributed by atoms with Crippen LogP contribution in [0.1, 0.15) is 11.1 Å². The summed E-state index contributed by atoms with van der Waals surface area (Å²) < 4.78 is 2.31. The van der Waals surface area contributed by atoms with Gasteiger partial charge < -0.3 is 5.32 Å². The fourth-order valence-corrected chi connectivity index (χ4v) is 7.20. The second-order valence-corrected chi connectivity index (χ2v) is 11.4. The first-order valence-electron chi connectivity index (χ1n) is 13.6. The number of allylic oxidation sites excluding steroid dienone is 2. The second kappa shape index (κ2) is 9.18. The van der Waals surface area contributed by atoms with Crippen LogP contribution in [0, 0.1) is 0 Å². The lowest BCUT2D eigenvalue weighted by Crippen LogP contribution is -2.36. The SMILES string of the molecule is C=C1NC2C=CC(c3c4ccccc4c(-c4ccc5ccccc5c4)c4ccccc34)=CN2Sc2ccccc21. The predicted octanol–water partition coefficient (Wildman–Crippen LogP) is 9.63. The van der Waals surface area contributed by atoms with Crippen molar-refractivity contribution in [2.75, 3.05) is 0 Å². The van der Waals surface area contributed by atoms with Crippen molar-refractivity contribution in [3.8, 4) is 11.1 Å². The average Bonchev–Trinajstić information content (AvgIpc) is 3.14. The Morgan fingerprint density at radius 2 is 1.27 bits per heavy atom. The van der Waals surface area contributed by atoms with Gasteiger partial charge in [0, 0.05) is 22.4 Å². The van der Waals surface area contributed by atoms with Gasteiger partial charge in [0.2, 0.25) is 0 Å². The van der Waals surface area contributed by atoms with Crippen molar-refractivity contribution in [3.05, 3.63) is 151 Å². The zero-order valence-electron chi connectivity index (χ0n) is 21.8. The van der Waals surface area contributed by atoms with Crippen molar-refractivity contribution >= 4 is 55.5 Å². The number of fused-ring (bicyclic) bond motifs is 5. The van der Waals surface area contributed by atoms with Gasteiger partial charge in [-0.3, -0.25) is 4.31 Å². The van der Waals surface area contributed by atoms with Crippen molar-refractivity contribution in [3.63, 3.8) is 0 Å². The zero-order chi connectivity index (χ0) is 26.6. The van der Waals surface area contributed by atoms with E-state index in [1.807, 2.05) is 0 Å². The maximum absolute atomic E-state index is 4.32. The minimum absolute atomic E-state index is 0.0306. The molecule has 0 radical (unpaired) electrons. The highest BCUT2D eigenvalue weighted by molar-refractivity contribution is 7.97. The molecule has 2 aliphatic heterocycles. The Balaban J connectivity index is 1.35. The first-order chi connectivity index (χ1) is 19.7. The van der Waals surface area contributed by atoms with Crippen molar-refractivity contribution in [1.29, 1.82) is 0 Å². The van der Waals surface area contributed by atoms with E-state index in [0.29, 0.717) is 0 Å². The Kier molecular flexibility index (Phi) is 5.32. The number of rotatable bonds is 2. The van der Waals surface area contributed by atoms with Gasteiger partial charge in [0.1, 0.15) is 6.17 Å². The van der Waals surface area contributed by atoms with Crippen LogP contribution in [0.2, 0.25) is 0 Å². The molecule has 2 aliphatic rings. The second-order valence-electron chi connectivity index (χ2n) is 10.4. The molecule has 0 saturated heterocycles. The van der Waals surface area contributed by atoms with Crippen LogP contribution >= 0.6 is 11.9 Å². The van der Waals surface area contributed by atoms with E-state index in [9.17, 15) is 0 Å². The minimum atomic E-state index is 0.0306. The largest absolute Gasteiger partial charge is 0.361 e. The maximum Gasteiger partial charge on any atom is 0.129 e. The third-order valence-corrected chi connectivity index (χ3v) is 9.09. The molecule has 6 aromatic rings. The van der Waals surface area contributed by atoms with E-state index in [0.717, 1.165) is 11.3 Å². The van der Waals surface area contributed by atoms with Gasteiger partial charge in [-0.2, -0.15) is 0 Å². The summed E-state index contributed by atoms with van der Waals surface area (Å²) in [5.74, 6) is 0. The quantitative estimate of drug-likeness (QED) is 0.177. The number of benzene rings is 6. The van der Waals surface area contributed by atoms with Crippen molar-refractivity contribution in [1.82, 2.24) is 9.62 Å². The van der Waals surface area contributed by atoms with Gasteiger partial charge in [-0.05, 0) is 84.7 Å². The highest BCUT2D eigenvalue weighted by Crippen LogP contribution is 2.44. The lowest BCUT2D eigenvalue weighted by atomic mass is 9.85. The molecule has 1 unspecified atom stereocenters.